The number of thiophene rings is 1. The van der Waals surface area contributed by atoms with E-state index in [9.17, 15) is 10.1 Å². The van der Waals surface area contributed by atoms with Gasteiger partial charge in [0, 0.05) is 30.6 Å². The zero-order valence-corrected chi connectivity index (χ0v) is 9.29. The second-order valence-electron chi connectivity index (χ2n) is 3.63. The Morgan fingerprint density at radius 2 is 2.47 bits per heavy atom. The van der Waals surface area contributed by atoms with Crippen LogP contribution in [0.5, 0.6) is 0 Å². The van der Waals surface area contributed by atoms with Gasteiger partial charge in [0.1, 0.15) is 0 Å². The molecule has 15 heavy (non-hydrogen) atoms. The summed E-state index contributed by atoms with van der Waals surface area (Å²) in [7, 11) is 2.05. The van der Waals surface area contributed by atoms with Crippen molar-refractivity contribution >= 4 is 16.3 Å². The quantitative estimate of drug-likeness (QED) is 0.610. The van der Waals surface area contributed by atoms with Crippen molar-refractivity contribution in [3.05, 3.63) is 27.1 Å². The maximum absolute atomic E-state index is 10.6. The van der Waals surface area contributed by atoms with Gasteiger partial charge in [-0.05, 0) is 13.1 Å². The SMILES string of the molecule is CN1CCNCC1c1ccc([N+](=O)[O-])s1. The molecule has 1 fully saturated rings. The van der Waals surface area contributed by atoms with Crippen molar-refractivity contribution in [1.82, 2.24) is 10.2 Å². The molecule has 1 aliphatic heterocycles. The molecule has 0 amide bonds. The molecule has 0 radical (unpaired) electrons. The number of piperazine rings is 1. The van der Waals surface area contributed by atoms with Gasteiger partial charge in [0.25, 0.3) is 0 Å². The van der Waals surface area contributed by atoms with Gasteiger partial charge in [-0.1, -0.05) is 11.3 Å². The highest BCUT2D eigenvalue weighted by atomic mass is 32.1. The summed E-state index contributed by atoms with van der Waals surface area (Å²) < 4.78 is 0. The van der Waals surface area contributed by atoms with Crippen LogP contribution in [-0.4, -0.2) is 36.5 Å². The molecule has 2 rings (SSSR count). The first-order valence-electron chi connectivity index (χ1n) is 4.83. The molecule has 0 spiro atoms. The van der Waals surface area contributed by atoms with Crippen LogP contribution in [0.1, 0.15) is 10.9 Å². The second-order valence-corrected chi connectivity index (χ2v) is 4.73. The monoisotopic (exact) mass is 227 g/mol. The van der Waals surface area contributed by atoms with Crippen LogP contribution < -0.4 is 5.32 Å². The molecule has 0 aliphatic carbocycles. The van der Waals surface area contributed by atoms with Gasteiger partial charge in [-0.25, -0.2) is 0 Å². The summed E-state index contributed by atoms with van der Waals surface area (Å²) in [5.41, 5.74) is 0. The third-order valence-corrected chi connectivity index (χ3v) is 3.77. The molecule has 82 valence electrons. The summed E-state index contributed by atoms with van der Waals surface area (Å²) in [6.07, 6.45) is 0. The lowest BCUT2D eigenvalue weighted by Crippen LogP contribution is -2.43. The van der Waals surface area contributed by atoms with E-state index in [1.807, 2.05) is 6.07 Å². The van der Waals surface area contributed by atoms with E-state index in [-0.39, 0.29) is 16.0 Å². The van der Waals surface area contributed by atoms with E-state index in [1.165, 1.54) is 11.3 Å². The number of hydrogen-bond acceptors (Lipinski definition) is 5. The van der Waals surface area contributed by atoms with Crippen LogP contribution >= 0.6 is 11.3 Å². The molecule has 2 heterocycles. The summed E-state index contributed by atoms with van der Waals surface area (Å²) >= 11 is 1.27. The summed E-state index contributed by atoms with van der Waals surface area (Å²) in [5, 5.41) is 14.1. The molecular formula is C9H13N3O2S. The molecule has 1 N–H and O–H groups in total. The Morgan fingerprint density at radius 3 is 3.07 bits per heavy atom. The first kappa shape index (κ1) is 10.5. The van der Waals surface area contributed by atoms with Crippen molar-refractivity contribution in [3.63, 3.8) is 0 Å². The largest absolute Gasteiger partial charge is 0.324 e. The molecule has 1 saturated heterocycles. The Bertz CT molecular complexity index is 366. The van der Waals surface area contributed by atoms with Gasteiger partial charge >= 0.3 is 5.00 Å². The number of nitrogens with one attached hydrogen (secondary N) is 1. The molecule has 1 atom stereocenters. The van der Waals surface area contributed by atoms with Gasteiger partial charge in [0.05, 0.1) is 11.0 Å². The van der Waals surface area contributed by atoms with Gasteiger partial charge in [-0.2, -0.15) is 0 Å². The normalized spacial score (nSPS) is 22.9. The zero-order valence-electron chi connectivity index (χ0n) is 8.47. The van der Waals surface area contributed by atoms with E-state index in [2.05, 4.69) is 17.3 Å². The van der Waals surface area contributed by atoms with Gasteiger partial charge in [-0.3, -0.25) is 15.0 Å². The van der Waals surface area contributed by atoms with Crippen molar-refractivity contribution in [2.24, 2.45) is 0 Å². The van der Waals surface area contributed by atoms with Gasteiger partial charge in [0.2, 0.25) is 0 Å². The lowest BCUT2D eigenvalue weighted by molar-refractivity contribution is -0.380. The Balaban J connectivity index is 2.17. The smallest absolute Gasteiger partial charge is 0.314 e. The van der Waals surface area contributed by atoms with Gasteiger partial charge in [0.15, 0.2) is 0 Å². The van der Waals surface area contributed by atoms with E-state index in [0.29, 0.717) is 0 Å². The van der Waals surface area contributed by atoms with E-state index in [1.54, 1.807) is 6.07 Å². The highest BCUT2D eigenvalue weighted by molar-refractivity contribution is 7.15. The van der Waals surface area contributed by atoms with E-state index >= 15 is 0 Å². The molecule has 6 heteroatoms. The first-order valence-corrected chi connectivity index (χ1v) is 5.65. The molecule has 5 nitrogen and oxygen atoms in total. The molecule has 0 bridgehead atoms. The number of nitrogens with zero attached hydrogens (tertiary/aromatic N) is 2. The lowest BCUT2D eigenvalue weighted by Gasteiger charge is -2.32. The fraction of sp³-hybridized carbons (Fsp3) is 0.556. The molecular weight excluding hydrogens is 214 g/mol. The van der Waals surface area contributed by atoms with Crippen LogP contribution in [0.4, 0.5) is 5.00 Å². The molecule has 1 aliphatic rings. The Labute approximate surface area is 91.9 Å². The topological polar surface area (TPSA) is 58.4 Å². The molecule has 0 aromatic carbocycles. The van der Waals surface area contributed by atoms with Crippen LogP contribution in [0, 0.1) is 10.1 Å². The Kier molecular flexibility index (Phi) is 2.99. The van der Waals surface area contributed by atoms with Crippen LogP contribution in [-0.2, 0) is 0 Å². The minimum atomic E-state index is -0.329. The minimum absolute atomic E-state index is 0.226. The van der Waals surface area contributed by atoms with Crippen LogP contribution in [0.25, 0.3) is 0 Å². The standard InChI is InChI=1S/C9H13N3O2S/c1-11-5-4-10-6-7(11)8-2-3-9(15-8)12(13)14/h2-3,7,10H,4-6H2,1H3. The van der Waals surface area contributed by atoms with Crippen molar-refractivity contribution < 1.29 is 4.92 Å². The first-order chi connectivity index (χ1) is 7.18. The summed E-state index contributed by atoms with van der Waals surface area (Å²) in [6, 6.07) is 3.72. The average molecular weight is 227 g/mol. The molecule has 1 aromatic rings. The van der Waals surface area contributed by atoms with Crippen molar-refractivity contribution in [2.45, 2.75) is 6.04 Å². The van der Waals surface area contributed by atoms with Crippen LogP contribution in [0.15, 0.2) is 12.1 Å². The maximum Gasteiger partial charge on any atom is 0.324 e. The lowest BCUT2D eigenvalue weighted by atomic mass is 10.2. The minimum Gasteiger partial charge on any atom is -0.314 e. The van der Waals surface area contributed by atoms with Gasteiger partial charge < -0.3 is 5.32 Å². The van der Waals surface area contributed by atoms with Gasteiger partial charge in [-0.15, -0.1) is 0 Å². The predicted molar refractivity (Wildman–Crippen MR) is 59.2 cm³/mol. The fourth-order valence-electron chi connectivity index (χ4n) is 1.74. The van der Waals surface area contributed by atoms with E-state index in [0.717, 1.165) is 24.5 Å². The highest BCUT2D eigenvalue weighted by Gasteiger charge is 2.23. The highest BCUT2D eigenvalue weighted by Crippen LogP contribution is 2.31. The molecule has 1 unspecified atom stereocenters. The Hall–Kier alpha value is -0.980. The number of rotatable bonds is 2. The zero-order chi connectivity index (χ0) is 10.8. The summed E-state index contributed by atoms with van der Waals surface area (Å²) in [5.74, 6) is 0. The third-order valence-electron chi connectivity index (χ3n) is 2.63. The van der Waals surface area contributed by atoms with E-state index < -0.39 is 0 Å². The maximum atomic E-state index is 10.6. The number of likely N-dealkylation sites (N-methyl/N-ethyl adjacent to an activating group) is 1. The average Bonchev–Trinajstić information content (AvgIpc) is 2.67. The van der Waals surface area contributed by atoms with Crippen LogP contribution in [0.3, 0.4) is 0 Å². The van der Waals surface area contributed by atoms with E-state index in [4.69, 9.17) is 0 Å². The number of hydrogen-bond donors (Lipinski definition) is 1. The molecule has 0 saturated carbocycles. The fourth-order valence-corrected chi connectivity index (χ4v) is 2.73. The predicted octanol–water partition coefficient (Wildman–Crippen LogP) is 1.23. The van der Waals surface area contributed by atoms with Crippen molar-refractivity contribution in [1.29, 1.82) is 0 Å². The number of nitro groups is 1. The summed E-state index contributed by atoms with van der Waals surface area (Å²) in [4.78, 5) is 13.5. The van der Waals surface area contributed by atoms with Crippen LogP contribution in [0.2, 0.25) is 0 Å². The third kappa shape index (κ3) is 2.17. The Morgan fingerprint density at radius 1 is 1.67 bits per heavy atom. The van der Waals surface area contributed by atoms with Crippen molar-refractivity contribution in [2.75, 3.05) is 26.7 Å². The van der Waals surface area contributed by atoms with Crippen molar-refractivity contribution in [3.8, 4) is 0 Å². The summed E-state index contributed by atoms with van der Waals surface area (Å²) in [6.45, 7) is 2.84. The second kappa shape index (κ2) is 4.26. The molecule has 1 aromatic heterocycles.